The lowest BCUT2D eigenvalue weighted by Gasteiger charge is -2.22. The monoisotopic (exact) mass is 374 g/mol. The Kier molecular flexibility index (Phi) is 4.16. The highest BCUT2D eigenvalue weighted by Gasteiger charge is 2.21. The van der Waals surface area contributed by atoms with Crippen molar-refractivity contribution in [1.82, 2.24) is 29.9 Å². The number of fused-ring (bicyclic) bond motifs is 2. The Morgan fingerprint density at radius 2 is 1.96 bits per heavy atom. The van der Waals surface area contributed by atoms with Gasteiger partial charge in [0.25, 0.3) is 0 Å². The van der Waals surface area contributed by atoms with Crippen molar-refractivity contribution in [1.29, 1.82) is 0 Å². The molecule has 1 aliphatic heterocycles. The molecule has 28 heavy (non-hydrogen) atoms. The number of H-pyrrole nitrogens is 1. The first-order valence-electron chi connectivity index (χ1n) is 10.1. The van der Waals surface area contributed by atoms with Crippen molar-refractivity contribution < 1.29 is 0 Å². The molecule has 0 unspecified atom stereocenters. The third-order valence-corrected chi connectivity index (χ3v) is 5.93. The van der Waals surface area contributed by atoms with Crippen molar-refractivity contribution in [3.8, 4) is 11.3 Å². The lowest BCUT2D eigenvalue weighted by Crippen LogP contribution is -2.27. The summed E-state index contributed by atoms with van der Waals surface area (Å²) in [5.74, 6) is 0.955. The van der Waals surface area contributed by atoms with E-state index in [2.05, 4.69) is 59.5 Å². The summed E-state index contributed by atoms with van der Waals surface area (Å²) < 4.78 is 1.86. The fourth-order valence-corrected chi connectivity index (χ4v) is 4.53. The molecule has 0 saturated carbocycles. The van der Waals surface area contributed by atoms with E-state index in [-0.39, 0.29) is 0 Å². The van der Waals surface area contributed by atoms with Crippen molar-refractivity contribution in [2.45, 2.75) is 45.4 Å². The van der Waals surface area contributed by atoms with Crippen LogP contribution in [0.5, 0.6) is 0 Å². The fourth-order valence-electron chi connectivity index (χ4n) is 4.53. The van der Waals surface area contributed by atoms with Crippen LogP contribution in [0.3, 0.4) is 0 Å². The van der Waals surface area contributed by atoms with Gasteiger partial charge in [-0.25, -0.2) is 9.50 Å². The number of hydrogen-bond donors (Lipinski definition) is 2. The molecule has 0 bridgehead atoms. The lowest BCUT2D eigenvalue weighted by molar-refractivity contribution is 0.453. The van der Waals surface area contributed by atoms with Crippen LogP contribution in [0.2, 0.25) is 0 Å². The number of piperidine rings is 1. The SMILES string of the molecule is Cc1cc(-c2[nH]c3cnc(C4CCNCC4)cc3c2C(C)C)cn2ncnc12. The van der Waals surface area contributed by atoms with E-state index in [9.17, 15) is 0 Å². The predicted octanol–water partition coefficient (Wildman–Crippen LogP) is 4.17. The molecular formula is C22H26N6. The average molecular weight is 374 g/mol. The van der Waals surface area contributed by atoms with Crippen LogP contribution in [-0.2, 0) is 0 Å². The minimum Gasteiger partial charge on any atom is -0.353 e. The summed E-state index contributed by atoms with van der Waals surface area (Å²) in [6.07, 6.45) is 8.01. The second-order valence-electron chi connectivity index (χ2n) is 8.19. The summed E-state index contributed by atoms with van der Waals surface area (Å²) >= 11 is 0. The molecule has 0 spiro atoms. The van der Waals surface area contributed by atoms with Gasteiger partial charge >= 0.3 is 0 Å². The molecule has 0 amide bonds. The quantitative estimate of drug-likeness (QED) is 0.565. The van der Waals surface area contributed by atoms with Crippen molar-refractivity contribution in [2.75, 3.05) is 13.1 Å². The van der Waals surface area contributed by atoms with Gasteiger partial charge in [0.05, 0.1) is 17.4 Å². The fraction of sp³-hybridized carbons (Fsp3) is 0.409. The topological polar surface area (TPSA) is 70.9 Å². The van der Waals surface area contributed by atoms with E-state index in [1.54, 1.807) is 6.33 Å². The molecule has 5 heterocycles. The highest BCUT2D eigenvalue weighted by Crippen LogP contribution is 2.37. The summed E-state index contributed by atoms with van der Waals surface area (Å²) in [5, 5.41) is 9.09. The van der Waals surface area contributed by atoms with Gasteiger partial charge in [-0.3, -0.25) is 4.98 Å². The van der Waals surface area contributed by atoms with Crippen LogP contribution >= 0.6 is 0 Å². The zero-order valence-electron chi connectivity index (χ0n) is 16.7. The first kappa shape index (κ1) is 17.4. The normalized spacial score (nSPS) is 15.9. The van der Waals surface area contributed by atoms with Crippen LogP contribution in [-0.4, -0.2) is 37.7 Å². The Morgan fingerprint density at radius 1 is 1.14 bits per heavy atom. The van der Waals surface area contributed by atoms with Gasteiger partial charge in [0.2, 0.25) is 0 Å². The molecule has 1 fully saturated rings. The van der Waals surface area contributed by atoms with Crippen molar-refractivity contribution >= 4 is 16.6 Å². The molecule has 4 aromatic rings. The molecule has 1 aliphatic rings. The van der Waals surface area contributed by atoms with E-state index in [4.69, 9.17) is 4.98 Å². The van der Waals surface area contributed by atoms with Crippen molar-refractivity contribution in [3.05, 3.63) is 47.7 Å². The molecule has 144 valence electrons. The molecule has 0 atom stereocenters. The summed E-state index contributed by atoms with van der Waals surface area (Å²) in [7, 11) is 0. The van der Waals surface area contributed by atoms with E-state index in [1.807, 2.05) is 10.7 Å². The minimum absolute atomic E-state index is 0.402. The summed E-state index contributed by atoms with van der Waals surface area (Å²) in [6.45, 7) is 8.77. The van der Waals surface area contributed by atoms with E-state index >= 15 is 0 Å². The van der Waals surface area contributed by atoms with Gasteiger partial charge in [-0.1, -0.05) is 13.8 Å². The molecule has 0 aromatic carbocycles. The average Bonchev–Trinajstić information content (AvgIpc) is 3.32. The van der Waals surface area contributed by atoms with Gasteiger partial charge in [0.1, 0.15) is 6.33 Å². The van der Waals surface area contributed by atoms with Crippen LogP contribution in [0.1, 0.15) is 55.3 Å². The number of aromatic nitrogens is 5. The highest BCUT2D eigenvalue weighted by atomic mass is 15.3. The number of nitrogens with zero attached hydrogens (tertiary/aromatic N) is 4. The zero-order chi connectivity index (χ0) is 19.3. The van der Waals surface area contributed by atoms with Gasteiger partial charge < -0.3 is 10.3 Å². The maximum Gasteiger partial charge on any atom is 0.158 e. The smallest absolute Gasteiger partial charge is 0.158 e. The molecule has 5 rings (SSSR count). The number of aryl methyl sites for hydroxylation is 1. The third-order valence-electron chi connectivity index (χ3n) is 5.93. The summed E-state index contributed by atoms with van der Waals surface area (Å²) in [4.78, 5) is 12.8. The number of nitrogens with one attached hydrogen (secondary N) is 2. The van der Waals surface area contributed by atoms with Crippen molar-refractivity contribution in [2.24, 2.45) is 0 Å². The molecule has 1 saturated heterocycles. The molecule has 0 radical (unpaired) electrons. The van der Waals surface area contributed by atoms with Gasteiger partial charge in [-0.15, -0.1) is 0 Å². The molecular weight excluding hydrogens is 348 g/mol. The number of aromatic amines is 1. The highest BCUT2D eigenvalue weighted by molar-refractivity contribution is 5.91. The van der Waals surface area contributed by atoms with Gasteiger partial charge in [0, 0.05) is 28.8 Å². The maximum absolute atomic E-state index is 4.81. The molecule has 0 aliphatic carbocycles. The standard InChI is InChI=1S/C22H26N6/c1-13(2)20-17-9-18(15-4-6-23-7-5-15)24-10-19(17)27-21(20)16-8-14(3)22-25-12-26-28(22)11-16/h8-13,15,23,27H,4-7H2,1-3H3. The zero-order valence-corrected chi connectivity index (χ0v) is 16.7. The van der Waals surface area contributed by atoms with Crippen LogP contribution in [0, 0.1) is 6.92 Å². The molecule has 6 heteroatoms. The maximum atomic E-state index is 4.81. The van der Waals surface area contributed by atoms with Crippen LogP contribution in [0.4, 0.5) is 0 Å². The Hall–Kier alpha value is -2.73. The largest absolute Gasteiger partial charge is 0.353 e. The van der Waals surface area contributed by atoms with E-state index in [0.717, 1.165) is 53.9 Å². The Labute approximate surface area is 164 Å². The van der Waals surface area contributed by atoms with Crippen molar-refractivity contribution in [3.63, 3.8) is 0 Å². The Balaban J connectivity index is 1.68. The first-order valence-corrected chi connectivity index (χ1v) is 10.1. The number of pyridine rings is 2. The van der Waals surface area contributed by atoms with Crippen LogP contribution in [0.15, 0.2) is 30.9 Å². The van der Waals surface area contributed by atoms with Crippen LogP contribution in [0.25, 0.3) is 27.8 Å². The van der Waals surface area contributed by atoms with Gasteiger partial charge in [0.15, 0.2) is 5.65 Å². The van der Waals surface area contributed by atoms with E-state index < -0.39 is 0 Å². The molecule has 4 aromatic heterocycles. The Morgan fingerprint density at radius 3 is 2.75 bits per heavy atom. The van der Waals surface area contributed by atoms with Crippen LogP contribution < -0.4 is 5.32 Å². The minimum atomic E-state index is 0.402. The predicted molar refractivity (Wildman–Crippen MR) is 112 cm³/mol. The summed E-state index contributed by atoms with van der Waals surface area (Å²) in [5.41, 5.74) is 8.01. The van der Waals surface area contributed by atoms with E-state index in [0.29, 0.717) is 11.8 Å². The first-order chi connectivity index (χ1) is 13.6. The second kappa shape index (κ2) is 6.71. The second-order valence-corrected chi connectivity index (χ2v) is 8.19. The molecule has 2 N–H and O–H groups in total. The number of rotatable bonds is 3. The molecule has 6 nitrogen and oxygen atoms in total. The Bertz CT molecular complexity index is 1150. The third kappa shape index (κ3) is 2.79. The number of hydrogen-bond acceptors (Lipinski definition) is 4. The van der Waals surface area contributed by atoms with Gasteiger partial charge in [-0.2, -0.15) is 5.10 Å². The lowest BCUT2D eigenvalue weighted by atomic mass is 9.91. The summed E-state index contributed by atoms with van der Waals surface area (Å²) in [6, 6.07) is 4.52. The van der Waals surface area contributed by atoms with Gasteiger partial charge in [-0.05, 0) is 62.0 Å². The van der Waals surface area contributed by atoms with E-state index in [1.165, 1.54) is 16.6 Å².